The van der Waals surface area contributed by atoms with Gasteiger partial charge in [0.05, 0.1) is 5.75 Å². The Hall–Kier alpha value is -1.56. The number of rotatable bonds is 5. The number of likely N-dealkylation sites (N-methyl/N-ethyl adjacent to an activating group) is 1. The van der Waals surface area contributed by atoms with Crippen LogP contribution < -0.4 is 5.32 Å². The van der Waals surface area contributed by atoms with Gasteiger partial charge in [-0.05, 0) is 43.0 Å². The van der Waals surface area contributed by atoms with Crippen molar-refractivity contribution >= 4 is 23.6 Å². The number of benzene rings is 1. The average Bonchev–Trinajstić information content (AvgIpc) is 2.86. The lowest BCUT2D eigenvalue weighted by atomic mass is 10.1. The summed E-state index contributed by atoms with van der Waals surface area (Å²) < 4.78 is 13.3. The molecule has 1 N–H and O–H groups in total. The summed E-state index contributed by atoms with van der Waals surface area (Å²) in [7, 11) is 3.31. The van der Waals surface area contributed by atoms with Crippen LogP contribution in [0.4, 0.5) is 4.39 Å². The van der Waals surface area contributed by atoms with E-state index < -0.39 is 6.04 Å². The Labute approximate surface area is 134 Å². The second kappa shape index (κ2) is 7.13. The molecule has 0 saturated carbocycles. The zero-order chi connectivity index (χ0) is 16.3. The number of nitrogens with zero attached hydrogens (tertiary/aromatic N) is 1. The minimum atomic E-state index is -0.531. The number of halogens is 1. The quantitative estimate of drug-likeness (QED) is 0.903. The van der Waals surface area contributed by atoms with Crippen LogP contribution in [0.25, 0.3) is 0 Å². The van der Waals surface area contributed by atoms with Gasteiger partial charge in [-0.2, -0.15) is 0 Å². The molecule has 1 aliphatic rings. The molecule has 0 aliphatic heterocycles. The first kappa shape index (κ1) is 16.8. The SMILES string of the molecule is C[C@@H](NC(=O)CS[C@@H]1CCc2ccc(F)cc21)C(=O)N(C)C. The van der Waals surface area contributed by atoms with E-state index in [2.05, 4.69) is 5.32 Å². The molecule has 0 unspecified atom stereocenters. The van der Waals surface area contributed by atoms with Gasteiger partial charge in [0.2, 0.25) is 11.8 Å². The van der Waals surface area contributed by atoms with Gasteiger partial charge in [0.25, 0.3) is 0 Å². The number of carbonyl (C=O) groups is 2. The second-order valence-electron chi connectivity index (χ2n) is 5.70. The standard InChI is InChI=1S/C16H21FN2O2S/c1-10(16(21)19(2)3)18-15(20)9-22-14-7-5-11-4-6-12(17)8-13(11)14/h4,6,8,10,14H,5,7,9H2,1-3H3,(H,18,20)/t10-,14-/m1/s1. The lowest BCUT2D eigenvalue weighted by Crippen LogP contribution is -2.44. The first-order valence-electron chi connectivity index (χ1n) is 7.29. The molecule has 120 valence electrons. The molecule has 0 fully saturated rings. The number of aryl methyl sites for hydroxylation is 1. The predicted octanol–water partition coefficient (Wildman–Crippen LogP) is 2.14. The van der Waals surface area contributed by atoms with Crippen LogP contribution in [0.5, 0.6) is 0 Å². The summed E-state index contributed by atoms with van der Waals surface area (Å²) in [5, 5.41) is 2.84. The lowest BCUT2D eigenvalue weighted by Gasteiger charge is -2.18. The van der Waals surface area contributed by atoms with Crippen molar-refractivity contribution in [3.05, 3.63) is 35.1 Å². The Morgan fingerprint density at radius 2 is 2.18 bits per heavy atom. The van der Waals surface area contributed by atoms with E-state index in [1.54, 1.807) is 27.1 Å². The summed E-state index contributed by atoms with van der Waals surface area (Å²) in [6, 6.07) is 4.34. The van der Waals surface area contributed by atoms with Gasteiger partial charge in [0.15, 0.2) is 0 Å². The molecule has 6 heteroatoms. The molecule has 0 spiro atoms. The van der Waals surface area contributed by atoms with Crippen molar-refractivity contribution in [3.8, 4) is 0 Å². The second-order valence-corrected chi connectivity index (χ2v) is 6.89. The van der Waals surface area contributed by atoms with Gasteiger partial charge in [-0.15, -0.1) is 11.8 Å². The molecule has 0 saturated heterocycles. The van der Waals surface area contributed by atoms with Crippen LogP contribution in [0.1, 0.15) is 29.7 Å². The Morgan fingerprint density at radius 1 is 1.45 bits per heavy atom. The van der Waals surface area contributed by atoms with E-state index in [0.717, 1.165) is 24.0 Å². The topological polar surface area (TPSA) is 49.4 Å². The maximum absolute atomic E-state index is 13.3. The maximum atomic E-state index is 13.3. The maximum Gasteiger partial charge on any atom is 0.244 e. The highest BCUT2D eigenvalue weighted by Gasteiger charge is 2.25. The summed E-state index contributed by atoms with van der Waals surface area (Å²) in [4.78, 5) is 25.1. The van der Waals surface area contributed by atoms with Gasteiger partial charge in [-0.1, -0.05) is 6.07 Å². The zero-order valence-electron chi connectivity index (χ0n) is 13.1. The van der Waals surface area contributed by atoms with Crippen molar-refractivity contribution in [2.45, 2.75) is 31.1 Å². The van der Waals surface area contributed by atoms with Gasteiger partial charge in [0.1, 0.15) is 11.9 Å². The average molecular weight is 324 g/mol. The molecule has 0 bridgehead atoms. The lowest BCUT2D eigenvalue weighted by molar-refractivity contribution is -0.133. The van der Waals surface area contributed by atoms with E-state index in [1.807, 2.05) is 6.07 Å². The molecule has 1 aromatic rings. The van der Waals surface area contributed by atoms with Crippen molar-refractivity contribution in [1.82, 2.24) is 10.2 Å². The van der Waals surface area contributed by atoms with Gasteiger partial charge in [-0.3, -0.25) is 9.59 Å². The number of hydrogen-bond acceptors (Lipinski definition) is 3. The number of carbonyl (C=O) groups excluding carboxylic acids is 2. The van der Waals surface area contributed by atoms with Crippen molar-refractivity contribution < 1.29 is 14.0 Å². The number of amides is 2. The predicted molar refractivity (Wildman–Crippen MR) is 86.2 cm³/mol. The largest absolute Gasteiger partial charge is 0.347 e. The highest BCUT2D eigenvalue weighted by Crippen LogP contribution is 2.41. The zero-order valence-corrected chi connectivity index (χ0v) is 13.9. The molecular formula is C16H21FN2O2S. The van der Waals surface area contributed by atoms with Crippen LogP contribution in [0.3, 0.4) is 0 Å². The molecule has 1 aliphatic carbocycles. The molecule has 0 heterocycles. The smallest absolute Gasteiger partial charge is 0.244 e. The molecular weight excluding hydrogens is 303 g/mol. The highest BCUT2D eigenvalue weighted by atomic mass is 32.2. The van der Waals surface area contributed by atoms with Gasteiger partial charge in [-0.25, -0.2) is 4.39 Å². The third kappa shape index (κ3) is 4.00. The number of nitrogens with one attached hydrogen (secondary N) is 1. The van der Waals surface area contributed by atoms with Crippen molar-refractivity contribution in [3.63, 3.8) is 0 Å². The fourth-order valence-electron chi connectivity index (χ4n) is 2.62. The fraction of sp³-hybridized carbons (Fsp3) is 0.500. The van der Waals surface area contributed by atoms with Crippen LogP contribution in [-0.4, -0.2) is 42.6 Å². The van der Waals surface area contributed by atoms with E-state index in [-0.39, 0.29) is 28.6 Å². The third-order valence-electron chi connectivity index (χ3n) is 3.73. The van der Waals surface area contributed by atoms with Gasteiger partial charge in [0, 0.05) is 19.3 Å². The highest BCUT2D eigenvalue weighted by molar-refractivity contribution is 8.00. The Balaban J connectivity index is 1.86. The molecule has 22 heavy (non-hydrogen) atoms. The van der Waals surface area contributed by atoms with Crippen molar-refractivity contribution in [2.24, 2.45) is 0 Å². The van der Waals surface area contributed by atoms with Gasteiger partial charge >= 0.3 is 0 Å². The Bertz CT molecular complexity index is 577. The van der Waals surface area contributed by atoms with Gasteiger partial charge < -0.3 is 10.2 Å². The summed E-state index contributed by atoms with van der Waals surface area (Å²) in [5.41, 5.74) is 2.16. The third-order valence-corrected chi connectivity index (χ3v) is 5.06. The summed E-state index contributed by atoms with van der Waals surface area (Å²) in [6.45, 7) is 1.67. The Morgan fingerprint density at radius 3 is 2.86 bits per heavy atom. The van der Waals surface area contributed by atoms with E-state index in [0.29, 0.717) is 0 Å². The minimum absolute atomic E-state index is 0.133. The molecule has 0 radical (unpaired) electrons. The molecule has 1 aromatic carbocycles. The van der Waals surface area contributed by atoms with Crippen LogP contribution in [0.15, 0.2) is 18.2 Å². The number of fused-ring (bicyclic) bond motifs is 1. The number of hydrogen-bond donors (Lipinski definition) is 1. The van der Waals surface area contributed by atoms with Crippen LogP contribution >= 0.6 is 11.8 Å². The number of thioether (sulfide) groups is 1. The van der Waals surface area contributed by atoms with E-state index in [4.69, 9.17) is 0 Å². The summed E-state index contributed by atoms with van der Waals surface area (Å²) >= 11 is 1.50. The minimum Gasteiger partial charge on any atom is -0.347 e. The van der Waals surface area contributed by atoms with Crippen LogP contribution in [-0.2, 0) is 16.0 Å². The first-order chi connectivity index (χ1) is 10.4. The van der Waals surface area contributed by atoms with Crippen molar-refractivity contribution in [1.29, 1.82) is 0 Å². The van der Waals surface area contributed by atoms with Crippen molar-refractivity contribution in [2.75, 3.05) is 19.8 Å². The fourth-order valence-corrected chi connectivity index (χ4v) is 3.74. The summed E-state index contributed by atoms with van der Waals surface area (Å²) in [5.74, 6) is -0.267. The molecule has 4 nitrogen and oxygen atoms in total. The normalized spacial score (nSPS) is 17.7. The molecule has 2 atom stereocenters. The van der Waals surface area contributed by atoms with E-state index >= 15 is 0 Å². The molecule has 0 aromatic heterocycles. The van der Waals surface area contributed by atoms with E-state index in [1.165, 1.54) is 22.7 Å². The molecule has 2 rings (SSSR count). The first-order valence-corrected chi connectivity index (χ1v) is 8.34. The molecule has 2 amide bonds. The van der Waals surface area contributed by atoms with E-state index in [9.17, 15) is 14.0 Å². The van der Waals surface area contributed by atoms with Crippen LogP contribution in [0.2, 0.25) is 0 Å². The van der Waals surface area contributed by atoms with Crippen LogP contribution in [0, 0.1) is 5.82 Å². The summed E-state index contributed by atoms with van der Waals surface area (Å²) in [6.07, 6.45) is 1.84. The monoisotopic (exact) mass is 324 g/mol. The Kier molecular flexibility index (Phi) is 5.45.